The number of ether oxygens (including phenoxy) is 3. The fraction of sp³-hybridized carbons (Fsp3) is 0.161. The molecule has 1 atom stereocenters. The first kappa shape index (κ1) is 27.1. The first-order valence-corrected chi connectivity index (χ1v) is 12.4. The minimum atomic E-state index is -0.724. The van der Waals surface area contributed by atoms with Crippen molar-refractivity contribution >= 4 is 17.4 Å². The summed E-state index contributed by atoms with van der Waals surface area (Å²) in [6.45, 7) is 0.717. The summed E-state index contributed by atoms with van der Waals surface area (Å²) < 4.78 is 16.9. The molecule has 0 heterocycles. The highest BCUT2D eigenvalue weighted by Gasteiger charge is 2.22. The summed E-state index contributed by atoms with van der Waals surface area (Å²) in [6.07, 6.45) is 0. The molecule has 0 saturated heterocycles. The van der Waals surface area contributed by atoms with E-state index in [1.807, 2.05) is 60.7 Å². The number of nitrogens with two attached hydrogens (primary N) is 1. The number of rotatable bonds is 12. The average Bonchev–Trinajstić information content (AvgIpc) is 2.98. The highest BCUT2D eigenvalue weighted by Crippen LogP contribution is 2.32. The van der Waals surface area contributed by atoms with Gasteiger partial charge < -0.3 is 30.6 Å². The van der Waals surface area contributed by atoms with Gasteiger partial charge in [-0.2, -0.15) is 0 Å². The number of benzene rings is 4. The number of methoxy groups -OCH3 is 2. The molecule has 4 aromatic carbocycles. The van der Waals surface area contributed by atoms with Crippen LogP contribution in [0.2, 0.25) is 0 Å². The lowest BCUT2D eigenvalue weighted by Crippen LogP contribution is -2.33. The maximum Gasteiger partial charge on any atom is 0.247 e. The molecule has 8 heteroatoms. The Balaban J connectivity index is 1.56. The van der Waals surface area contributed by atoms with Crippen molar-refractivity contribution in [2.75, 3.05) is 19.5 Å². The van der Waals surface area contributed by atoms with Crippen LogP contribution in [0.3, 0.4) is 0 Å². The summed E-state index contributed by atoms with van der Waals surface area (Å²) in [5.74, 6) is 1.59. The van der Waals surface area contributed by atoms with Gasteiger partial charge in [0.1, 0.15) is 24.2 Å². The number of hydrogen-bond acceptors (Lipinski definition) is 6. The SMILES string of the molecule is COc1cccc(COc2ccc([C@@H](Nc3ccc(C(=N)N)cc3)C(=O)NCc3ccccc3)cc2OC)c1. The zero-order valence-electron chi connectivity index (χ0n) is 21.9. The molecule has 0 fully saturated rings. The Bertz CT molecular complexity index is 1410. The summed E-state index contributed by atoms with van der Waals surface area (Å²) in [4.78, 5) is 13.4. The fourth-order valence-corrected chi connectivity index (χ4v) is 4.01. The highest BCUT2D eigenvalue weighted by atomic mass is 16.5. The van der Waals surface area contributed by atoms with E-state index in [0.29, 0.717) is 41.5 Å². The smallest absolute Gasteiger partial charge is 0.247 e. The Morgan fingerprint density at radius 1 is 0.846 bits per heavy atom. The molecule has 0 radical (unpaired) electrons. The van der Waals surface area contributed by atoms with E-state index in [1.54, 1.807) is 50.6 Å². The Morgan fingerprint density at radius 2 is 1.59 bits per heavy atom. The van der Waals surface area contributed by atoms with E-state index in [1.165, 1.54) is 0 Å². The standard InChI is InChI=1S/C31H32N4O4/c1-37-26-10-6-9-22(17-26)20-39-27-16-13-24(18-28(27)38-2)29(31(36)34-19-21-7-4-3-5-8-21)35-25-14-11-23(12-15-25)30(32)33/h3-18,29,35H,19-20H2,1-2H3,(H3,32,33)(H,34,36)/t29-/m1/s1. The quantitative estimate of drug-likeness (QED) is 0.152. The van der Waals surface area contributed by atoms with E-state index < -0.39 is 6.04 Å². The van der Waals surface area contributed by atoms with Crippen LogP contribution >= 0.6 is 0 Å². The van der Waals surface area contributed by atoms with Crippen LogP contribution in [0.25, 0.3) is 0 Å². The molecule has 0 saturated carbocycles. The highest BCUT2D eigenvalue weighted by molar-refractivity contribution is 5.95. The number of anilines is 1. The van der Waals surface area contributed by atoms with Crippen molar-refractivity contribution in [3.63, 3.8) is 0 Å². The number of nitrogens with one attached hydrogen (secondary N) is 3. The van der Waals surface area contributed by atoms with E-state index in [9.17, 15) is 4.79 Å². The number of hydrogen-bond donors (Lipinski definition) is 4. The normalized spacial score (nSPS) is 11.2. The van der Waals surface area contributed by atoms with Crippen molar-refractivity contribution in [3.05, 3.63) is 119 Å². The first-order valence-electron chi connectivity index (χ1n) is 12.4. The Hall–Kier alpha value is -4.98. The van der Waals surface area contributed by atoms with Crippen LogP contribution < -0.4 is 30.6 Å². The average molecular weight is 525 g/mol. The van der Waals surface area contributed by atoms with Crippen LogP contribution in [0.15, 0.2) is 97.1 Å². The lowest BCUT2D eigenvalue weighted by molar-refractivity contribution is -0.122. The van der Waals surface area contributed by atoms with E-state index in [0.717, 1.165) is 16.9 Å². The molecular formula is C31H32N4O4. The molecule has 8 nitrogen and oxygen atoms in total. The molecule has 5 N–H and O–H groups in total. The molecule has 0 aliphatic heterocycles. The maximum atomic E-state index is 13.4. The van der Waals surface area contributed by atoms with Gasteiger partial charge >= 0.3 is 0 Å². The van der Waals surface area contributed by atoms with Gasteiger partial charge in [-0.25, -0.2) is 0 Å². The van der Waals surface area contributed by atoms with E-state index in [2.05, 4.69) is 10.6 Å². The minimum Gasteiger partial charge on any atom is -0.497 e. The Kier molecular flexibility index (Phi) is 9.03. The van der Waals surface area contributed by atoms with Gasteiger partial charge in [-0.05, 0) is 65.2 Å². The second kappa shape index (κ2) is 13.0. The molecule has 0 spiro atoms. The van der Waals surface area contributed by atoms with Crippen LogP contribution in [0.5, 0.6) is 17.2 Å². The summed E-state index contributed by atoms with van der Waals surface area (Å²) in [5.41, 5.74) is 9.54. The summed E-state index contributed by atoms with van der Waals surface area (Å²) >= 11 is 0. The molecule has 1 amide bonds. The van der Waals surface area contributed by atoms with E-state index in [-0.39, 0.29) is 11.7 Å². The second-order valence-corrected chi connectivity index (χ2v) is 8.82. The van der Waals surface area contributed by atoms with Crippen molar-refractivity contribution in [2.45, 2.75) is 19.2 Å². The maximum absolute atomic E-state index is 13.4. The van der Waals surface area contributed by atoms with Gasteiger partial charge in [-0.15, -0.1) is 0 Å². The zero-order valence-corrected chi connectivity index (χ0v) is 21.9. The molecule has 0 aliphatic rings. The monoisotopic (exact) mass is 524 g/mol. The molecule has 0 aliphatic carbocycles. The Morgan fingerprint density at radius 3 is 2.28 bits per heavy atom. The molecule has 4 aromatic rings. The number of carbonyl (C=O) groups is 1. The van der Waals surface area contributed by atoms with Gasteiger partial charge in [-0.1, -0.05) is 48.5 Å². The second-order valence-electron chi connectivity index (χ2n) is 8.82. The third kappa shape index (κ3) is 7.29. The lowest BCUT2D eigenvalue weighted by Gasteiger charge is -2.22. The molecule has 0 unspecified atom stereocenters. The van der Waals surface area contributed by atoms with Crippen LogP contribution in [-0.4, -0.2) is 26.0 Å². The van der Waals surface area contributed by atoms with Gasteiger partial charge in [0.2, 0.25) is 5.91 Å². The van der Waals surface area contributed by atoms with Crippen molar-refractivity contribution in [2.24, 2.45) is 5.73 Å². The van der Waals surface area contributed by atoms with Crippen LogP contribution in [0, 0.1) is 5.41 Å². The molecule has 0 bridgehead atoms. The summed E-state index contributed by atoms with van der Waals surface area (Å²) in [7, 11) is 3.19. The van der Waals surface area contributed by atoms with Crippen molar-refractivity contribution in [1.29, 1.82) is 5.41 Å². The topological polar surface area (TPSA) is 119 Å². The molecule has 0 aromatic heterocycles. The van der Waals surface area contributed by atoms with Gasteiger partial charge in [0.15, 0.2) is 11.5 Å². The number of amides is 1. The van der Waals surface area contributed by atoms with Crippen LogP contribution in [-0.2, 0) is 17.9 Å². The minimum absolute atomic E-state index is 0.0204. The van der Waals surface area contributed by atoms with Gasteiger partial charge in [0.25, 0.3) is 0 Å². The van der Waals surface area contributed by atoms with E-state index >= 15 is 0 Å². The van der Waals surface area contributed by atoms with Crippen LogP contribution in [0.1, 0.15) is 28.3 Å². The van der Waals surface area contributed by atoms with Crippen molar-refractivity contribution < 1.29 is 19.0 Å². The Labute approximate surface area is 228 Å². The number of nitrogen functional groups attached to an aromatic ring is 1. The predicted octanol–water partition coefficient (Wildman–Crippen LogP) is 5.04. The summed E-state index contributed by atoms with van der Waals surface area (Å²) in [5, 5.41) is 13.9. The first-order chi connectivity index (χ1) is 19.0. The van der Waals surface area contributed by atoms with Crippen LogP contribution in [0.4, 0.5) is 5.69 Å². The lowest BCUT2D eigenvalue weighted by atomic mass is 10.0. The molecular weight excluding hydrogens is 492 g/mol. The fourth-order valence-electron chi connectivity index (χ4n) is 4.01. The third-order valence-corrected chi connectivity index (χ3v) is 6.13. The molecule has 39 heavy (non-hydrogen) atoms. The van der Waals surface area contributed by atoms with Crippen molar-refractivity contribution in [1.82, 2.24) is 5.32 Å². The molecule has 4 rings (SSSR count). The van der Waals surface area contributed by atoms with Gasteiger partial charge in [-0.3, -0.25) is 10.2 Å². The number of amidine groups is 1. The number of carbonyl (C=O) groups excluding carboxylic acids is 1. The zero-order chi connectivity index (χ0) is 27.6. The molecule has 200 valence electrons. The predicted molar refractivity (Wildman–Crippen MR) is 152 cm³/mol. The van der Waals surface area contributed by atoms with Gasteiger partial charge in [0.05, 0.1) is 14.2 Å². The van der Waals surface area contributed by atoms with Gasteiger partial charge in [0, 0.05) is 17.8 Å². The van der Waals surface area contributed by atoms with Crippen molar-refractivity contribution in [3.8, 4) is 17.2 Å². The third-order valence-electron chi connectivity index (χ3n) is 6.13. The largest absolute Gasteiger partial charge is 0.497 e. The summed E-state index contributed by atoms with van der Waals surface area (Å²) in [6, 6.07) is 29.1. The van der Waals surface area contributed by atoms with E-state index in [4.69, 9.17) is 25.4 Å².